The lowest BCUT2D eigenvalue weighted by Gasteiger charge is -2.19. The summed E-state index contributed by atoms with van der Waals surface area (Å²) in [7, 11) is 0. The Labute approximate surface area is 86.3 Å². The monoisotopic (exact) mass is 206 g/mol. The van der Waals surface area contributed by atoms with Crippen LogP contribution in [-0.2, 0) is 4.79 Å². The molecule has 1 fully saturated rings. The van der Waals surface area contributed by atoms with Crippen LogP contribution in [0.15, 0.2) is 0 Å². The van der Waals surface area contributed by atoms with Gasteiger partial charge in [-0.2, -0.15) is 0 Å². The van der Waals surface area contributed by atoms with Crippen molar-refractivity contribution < 1.29 is 4.79 Å². The predicted octanol–water partition coefficient (Wildman–Crippen LogP) is 1.03. The van der Waals surface area contributed by atoms with Crippen LogP contribution in [0.5, 0.6) is 0 Å². The number of halogens is 1. The van der Waals surface area contributed by atoms with Crippen LogP contribution in [0.25, 0.3) is 0 Å². The molecule has 4 heteroatoms. The fourth-order valence-electron chi connectivity index (χ4n) is 1.41. The van der Waals surface area contributed by atoms with Gasteiger partial charge in [-0.3, -0.25) is 9.69 Å². The Bertz CT molecular complexity index is 160. The predicted molar refractivity (Wildman–Crippen MR) is 56.2 cm³/mol. The molecule has 1 amide bonds. The van der Waals surface area contributed by atoms with E-state index in [1.54, 1.807) is 6.92 Å². The molecule has 0 aromatic rings. The van der Waals surface area contributed by atoms with Crippen molar-refractivity contribution >= 4 is 18.3 Å². The lowest BCUT2D eigenvalue weighted by Crippen LogP contribution is -2.35. The minimum atomic E-state index is 0. The topological polar surface area (TPSA) is 32.3 Å². The Balaban J connectivity index is 0.00000144. The Morgan fingerprint density at radius 1 is 1.54 bits per heavy atom. The molecule has 1 rings (SSSR count). The van der Waals surface area contributed by atoms with Gasteiger partial charge in [-0.1, -0.05) is 6.92 Å². The van der Waals surface area contributed by atoms with E-state index < -0.39 is 0 Å². The Hall–Kier alpha value is -0.280. The van der Waals surface area contributed by atoms with E-state index in [1.807, 2.05) is 0 Å². The summed E-state index contributed by atoms with van der Waals surface area (Å²) in [5.74, 6) is 0.0712. The van der Waals surface area contributed by atoms with Crippen molar-refractivity contribution in [3.8, 4) is 0 Å². The maximum atomic E-state index is 10.6. The van der Waals surface area contributed by atoms with Crippen LogP contribution in [0.1, 0.15) is 26.7 Å². The molecule has 78 valence electrons. The molecule has 13 heavy (non-hydrogen) atoms. The summed E-state index contributed by atoms with van der Waals surface area (Å²) in [6.07, 6.45) is 2.68. The molecule has 0 aromatic carbocycles. The van der Waals surface area contributed by atoms with Crippen molar-refractivity contribution in [2.45, 2.75) is 32.7 Å². The second kappa shape index (κ2) is 6.22. The van der Waals surface area contributed by atoms with Gasteiger partial charge in [-0.15, -0.1) is 12.4 Å². The molecule has 0 spiro atoms. The molecule has 0 aliphatic heterocycles. The number of hydrogen-bond donors (Lipinski definition) is 1. The minimum Gasteiger partial charge on any atom is -0.355 e. The summed E-state index contributed by atoms with van der Waals surface area (Å²) in [5.41, 5.74) is 0. The van der Waals surface area contributed by atoms with Crippen molar-refractivity contribution in [3.63, 3.8) is 0 Å². The largest absolute Gasteiger partial charge is 0.355 e. The molecule has 1 aliphatic carbocycles. The van der Waals surface area contributed by atoms with Gasteiger partial charge >= 0.3 is 0 Å². The quantitative estimate of drug-likeness (QED) is 0.729. The third-order valence-electron chi connectivity index (χ3n) is 2.24. The summed E-state index contributed by atoms with van der Waals surface area (Å²) in [4.78, 5) is 13.0. The lowest BCUT2D eigenvalue weighted by molar-refractivity contribution is -0.119. The number of amides is 1. The van der Waals surface area contributed by atoms with Gasteiger partial charge in [0.15, 0.2) is 0 Å². The molecule has 0 unspecified atom stereocenters. The van der Waals surface area contributed by atoms with Gasteiger partial charge in [0.2, 0.25) is 5.91 Å². The Kier molecular flexibility index (Phi) is 6.08. The van der Waals surface area contributed by atoms with Crippen LogP contribution in [-0.4, -0.2) is 36.5 Å². The van der Waals surface area contributed by atoms with E-state index in [0.717, 1.165) is 25.7 Å². The average Bonchev–Trinajstić information content (AvgIpc) is 2.80. The maximum absolute atomic E-state index is 10.6. The highest BCUT2D eigenvalue weighted by Crippen LogP contribution is 2.25. The fourth-order valence-corrected chi connectivity index (χ4v) is 1.41. The zero-order valence-electron chi connectivity index (χ0n) is 8.38. The van der Waals surface area contributed by atoms with E-state index in [9.17, 15) is 4.79 Å². The number of nitrogens with zero attached hydrogens (tertiary/aromatic N) is 1. The van der Waals surface area contributed by atoms with Crippen LogP contribution >= 0.6 is 12.4 Å². The van der Waals surface area contributed by atoms with Crippen LogP contribution < -0.4 is 5.32 Å². The van der Waals surface area contributed by atoms with E-state index in [2.05, 4.69) is 17.1 Å². The number of nitrogens with one attached hydrogen (secondary N) is 1. The summed E-state index contributed by atoms with van der Waals surface area (Å²) in [5, 5.41) is 2.81. The molecule has 1 aliphatic rings. The molecular formula is C9H19ClN2O. The van der Waals surface area contributed by atoms with Gasteiger partial charge in [0.1, 0.15) is 0 Å². The number of hydrogen-bond acceptors (Lipinski definition) is 2. The average molecular weight is 207 g/mol. The summed E-state index contributed by atoms with van der Waals surface area (Å²) >= 11 is 0. The van der Waals surface area contributed by atoms with E-state index in [1.165, 1.54) is 12.8 Å². The lowest BCUT2D eigenvalue weighted by atomic mass is 10.4. The molecule has 0 atom stereocenters. The Morgan fingerprint density at radius 2 is 2.15 bits per heavy atom. The van der Waals surface area contributed by atoms with Crippen molar-refractivity contribution in [1.29, 1.82) is 0 Å². The first-order chi connectivity index (χ1) is 5.74. The fraction of sp³-hybridized carbons (Fsp3) is 0.889. The summed E-state index contributed by atoms with van der Waals surface area (Å²) in [6.45, 7) is 6.63. The van der Waals surface area contributed by atoms with E-state index >= 15 is 0 Å². The molecule has 1 N–H and O–H groups in total. The number of likely N-dealkylation sites (N-methyl/N-ethyl adjacent to an activating group) is 1. The molecule has 0 bridgehead atoms. The first-order valence-electron chi connectivity index (χ1n) is 4.72. The van der Waals surface area contributed by atoms with Crippen LogP contribution in [0.4, 0.5) is 0 Å². The van der Waals surface area contributed by atoms with Crippen molar-refractivity contribution in [3.05, 3.63) is 0 Å². The highest BCUT2D eigenvalue weighted by Gasteiger charge is 2.26. The van der Waals surface area contributed by atoms with E-state index in [0.29, 0.717) is 0 Å². The third kappa shape index (κ3) is 5.11. The molecular weight excluding hydrogens is 188 g/mol. The SMILES string of the molecule is CCN(CCNC(C)=O)C1CC1.Cl. The molecule has 0 saturated heterocycles. The van der Waals surface area contributed by atoms with Crippen LogP contribution in [0, 0.1) is 0 Å². The number of carbonyl (C=O) groups excluding carboxylic acids is 1. The molecule has 0 radical (unpaired) electrons. The first-order valence-corrected chi connectivity index (χ1v) is 4.72. The molecule has 1 saturated carbocycles. The van der Waals surface area contributed by atoms with Gasteiger partial charge < -0.3 is 5.32 Å². The zero-order chi connectivity index (χ0) is 8.97. The minimum absolute atomic E-state index is 0. The summed E-state index contributed by atoms with van der Waals surface area (Å²) in [6, 6.07) is 0.809. The van der Waals surface area contributed by atoms with Crippen LogP contribution in [0.3, 0.4) is 0 Å². The van der Waals surface area contributed by atoms with Crippen molar-refractivity contribution in [2.75, 3.05) is 19.6 Å². The van der Waals surface area contributed by atoms with Crippen LogP contribution in [0.2, 0.25) is 0 Å². The first kappa shape index (κ1) is 12.7. The summed E-state index contributed by atoms with van der Waals surface area (Å²) < 4.78 is 0. The molecule has 0 aromatic heterocycles. The van der Waals surface area contributed by atoms with Gasteiger partial charge in [0.25, 0.3) is 0 Å². The zero-order valence-corrected chi connectivity index (χ0v) is 9.19. The van der Waals surface area contributed by atoms with Gasteiger partial charge in [0.05, 0.1) is 0 Å². The highest BCUT2D eigenvalue weighted by atomic mass is 35.5. The third-order valence-corrected chi connectivity index (χ3v) is 2.24. The molecule has 3 nitrogen and oxygen atoms in total. The van der Waals surface area contributed by atoms with E-state index in [-0.39, 0.29) is 18.3 Å². The van der Waals surface area contributed by atoms with Gasteiger partial charge in [-0.05, 0) is 19.4 Å². The van der Waals surface area contributed by atoms with Gasteiger partial charge in [0, 0.05) is 26.1 Å². The van der Waals surface area contributed by atoms with Crippen molar-refractivity contribution in [1.82, 2.24) is 10.2 Å². The second-order valence-electron chi connectivity index (χ2n) is 3.34. The maximum Gasteiger partial charge on any atom is 0.216 e. The standard InChI is InChI=1S/C9H18N2O.ClH/c1-3-11(9-4-5-9)7-6-10-8(2)12;/h9H,3-7H2,1-2H3,(H,10,12);1H. The normalized spacial score (nSPS) is 15.3. The van der Waals surface area contributed by atoms with E-state index in [4.69, 9.17) is 0 Å². The smallest absolute Gasteiger partial charge is 0.216 e. The molecule has 0 heterocycles. The second-order valence-corrected chi connectivity index (χ2v) is 3.34. The number of carbonyl (C=O) groups is 1. The van der Waals surface area contributed by atoms with Gasteiger partial charge in [-0.25, -0.2) is 0 Å². The Morgan fingerprint density at radius 3 is 2.54 bits per heavy atom. The number of rotatable bonds is 5. The van der Waals surface area contributed by atoms with Crippen molar-refractivity contribution in [2.24, 2.45) is 0 Å². The highest BCUT2D eigenvalue weighted by molar-refractivity contribution is 5.85.